The summed E-state index contributed by atoms with van der Waals surface area (Å²) < 4.78 is 11.5. The highest BCUT2D eigenvalue weighted by atomic mass is 79.9. The molecule has 0 unspecified atom stereocenters. The van der Waals surface area contributed by atoms with Crippen LogP contribution >= 0.6 is 15.9 Å². The Bertz CT molecular complexity index is 465. The molecule has 3 nitrogen and oxygen atoms in total. The minimum atomic E-state index is -0.769. The number of benzene rings is 1. The van der Waals surface area contributed by atoms with Crippen LogP contribution in [-0.2, 0) is 5.60 Å². The molecule has 1 aliphatic carbocycles. The van der Waals surface area contributed by atoms with Crippen molar-refractivity contribution < 1.29 is 14.6 Å². The molecule has 0 amide bonds. The fourth-order valence-corrected chi connectivity index (χ4v) is 3.43. The van der Waals surface area contributed by atoms with Gasteiger partial charge in [0.05, 0.1) is 19.8 Å². The van der Waals surface area contributed by atoms with Crippen LogP contribution in [0.2, 0.25) is 0 Å². The first-order chi connectivity index (χ1) is 8.92. The normalized spacial score (nSPS) is 26.2. The highest BCUT2D eigenvalue weighted by Crippen LogP contribution is 2.53. The number of ether oxygens (including phenoxy) is 2. The molecule has 0 saturated heterocycles. The molecule has 0 aromatic heterocycles. The molecule has 1 aromatic carbocycles. The van der Waals surface area contributed by atoms with E-state index in [4.69, 9.17) is 9.47 Å². The van der Waals surface area contributed by atoms with Crippen molar-refractivity contribution in [3.8, 4) is 11.5 Å². The summed E-state index contributed by atoms with van der Waals surface area (Å²) in [6, 6.07) is 3.77. The topological polar surface area (TPSA) is 38.7 Å². The van der Waals surface area contributed by atoms with Gasteiger partial charge in [0.25, 0.3) is 0 Å². The summed E-state index contributed by atoms with van der Waals surface area (Å²) in [7, 11) is 3.23. The average molecular weight is 329 g/mol. The summed E-state index contributed by atoms with van der Waals surface area (Å²) in [5.74, 6) is 2.57. The van der Waals surface area contributed by atoms with Crippen molar-refractivity contribution in [2.75, 3.05) is 14.2 Å². The molecule has 106 valence electrons. The zero-order valence-electron chi connectivity index (χ0n) is 11.9. The Morgan fingerprint density at radius 3 is 2.37 bits per heavy atom. The van der Waals surface area contributed by atoms with Crippen molar-refractivity contribution in [1.82, 2.24) is 0 Å². The summed E-state index contributed by atoms with van der Waals surface area (Å²) in [5, 5.41) is 10.8. The maximum Gasteiger partial charge on any atom is 0.142 e. The Labute approximate surface area is 123 Å². The molecular weight excluding hydrogens is 308 g/mol. The van der Waals surface area contributed by atoms with Gasteiger partial charge in [-0.2, -0.15) is 0 Å². The predicted octanol–water partition coefficient (Wildman–Crippen LogP) is 3.72. The van der Waals surface area contributed by atoms with Gasteiger partial charge in [-0.1, -0.05) is 13.8 Å². The molecule has 0 heterocycles. The van der Waals surface area contributed by atoms with Crippen LogP contribution in [0.3, 0.4) is 0 Å². The van der Waals surface area contributed by atoms with Crippen LogP contribution in [0.4, 0.5) is 0 Å². The van der Waals surface area contributed by atoms with Gasteiger partial charge in [-0.05, 0) is 52.7 Å². The van der Waals surface area contributed by atoms with E-state index in [1.54, 1.807) is 14.2 Å². The minimum Gasteiger partial charge on any atom is -0.495 e. The van der Waals surface area contributed by atoms with E-state index in [0.717, 1.165) is 22.9 Å². The molecule has 1 aromatic rings. The summed E-state index contributed by atoms with van der Waals surface area (Å²) >= 11 is 3.48. The second-order valence-electron chi connectivity index (χ2n) is 5.61. The van der Waals surface area contributed by atoms with Crippen LogP contribution in [0, 0.1) is 11.8 Å². The summed E-state index contributed by atoms with van der Waals surface area (Å²) in [6.45, 7) is 4.40. The summed E-state index contributed by atoms with van der Waals surface area (Å²) in [4.78, 5) is 0. The lowest BCUT2D eigenvalue weighted by molar-refractivity contribution is -0.0946. The molecule has 0 atom stereocenters. The molecule has 2 rings (SSSR count). The third kappa shape index (κ3) is 2.48. The minimum absolute atomic E-state index is 0.579. The molecule has 1 N–H and O–H groups in total. The van der Waals surface area contributed by atoms with Crippen LogP contribution in [0.5, 0.6) is 11.5 Å². The van der Waals surface area contributed by atoms with Crippen LogP contribution in [0.1, 0.15) is 32.3 Å². The second kappa shape index (κ2) is 5.33. The number of hydrogen-bond donors (Lipinski definition) is 1. The van der Waals surface area contributed by atoms with E-state index < -0.39 is 5.60 Å². The van der Waals surface area contributed by atoms with Crippen molar-refractivity contribution >= 4 is 15.9 Å². The molecular formula is C15H21BrO3. The van der Waals surface area contributed by atoms with Gasteiger partial charge in [-0.3, -0.25) is 0 Å². The number of methoxy groups -OCH3 is 2. The van der Waals surface area contributed by atoms with E-state index in [2.05, 4.69) is 29.8 Å². The Morgan fingerprint density at radius 1 is 1.26 bits per heavy atom. The van der Waals surface area contributed by atoms with Gasteiger partial charge in [-0.15, -0.1) is 0 Å². The first kappa shape index (κ1) is 14.7. The van der Waals surface area contributed by atoms with Crippen molar-refractivity contribution in [2.24, 2.45) is 11.8 Å². The molecule has 4 heteroatoms. The maximum atomic E-state index is 10.8. The summed E-state index contributed by atoms with van der Waals surface area (Å²) in [5.41, 5.74) is 0.0781. The lowest BCUT2D eigenvalue weighted by atomic mass is 9.63. The van der Waals surface area contributed by atoms with Crippen molar-refractivity contribution in [1.29, 1.82) is 0 Å². The lowest BCUT2D eigenvalue weighted by Crippen LogP contribution is -2.43. The Kier molecular flexibility index (Phi) is 4.11. The fourth-order valence-electron chi connectivity index (χ4n) is 2.76. The molecule has 1 saturated carbocycles. The zero-order valence-corrected chi connectivity index (χ0v) is 13.5. The van der Waals surface area contributed by atoms with Crippen LogP contribution in [-0.4, -0.2) is 19.3 Å². The third-order valence-corrected chi connectivity index (χ3v) is 4.88. The Hall–Kier alpha value is -0.740. The third-order valence-electron chi connectivity index (χ3n) is 4.13. The molecule has 0 spiro atoms. The first-order valence-electron chi connectivity index (χ1n) is 6.56. The molecule has 1 fully saturated rings. The number of rotatable bonds is 4. The lowest BCUT2D eigenvalue weighted by Gasteiger charge is -2.46. The first-order valence-corrected chi connectivity index (χ1v) is 7.35. The molecule has 1 aliphatic rings. The van der Waals surface area contributed by atoms with Crippen LogP contribution in [0.25, 0.3) is 0 Å². The van der Waals surface area contributed by atoms with Crippen LogP contribution in [0.15, 0.2) is 16.6 Å². The van der Waals surface area contributed by atoms with Gasteiger partial charge in [0.1, 0.15) is 16.0 Å². The van der Waals surface area contributed by atoms with Crippen LogP contribution < -0.4 is 9.47 Å². The number of aliphatic hydroxyl groups is 1. The molecule has 0 radical (unpaired) electrons. The predicted molar refractivity (Wildman–Crippen MR) is 78.7 cm³/mol. The SMILES string of the molecule is COc1ccc(C2(O)CC(C(C)C)C2)c(OC)c1Br. The fraction of sp³-hybridized carbons (Fsp3) is 0.600. The van der Waals surface area contributed by atoms with Crippen molar-refractivity contribution in [3.05, 3.63) is 22.2 Å². The molecule has 0 aliphatic heterocycles. The zero-order chi connectivity index (χ0) is 14.2. The van der Waals surface area contributed by atoms with Gasteiger partial charge < -0.3 is 14.6 Å². The maximum absolute atomic E-state index is 10.8. The smallest absolute Gasteiger partial charge is 0.142 e. The van der Waals surface area contributed by atoms with Gasteiger partial charge in [0, 0.05) is 5.56 Å². The van der Waals surface area contributed by atoms with E-state index in [-0.39, 0.29) is 0 Å². The molecule has 19 heavy (non-hydrogen) atoms. The molecule has 0 bridgehead atoms. The van der Waals surface area contributed by atoms with Gasteiger partial charge in [0.2, 0.25) is 0 Å². The van der Waals surface area contributed by atoms with E-state index >= 15 is 0 Å². The summed E-state index contributed by atoms with van der Waals surface area (Å²) in [6.07, 6.45) is 1.58. The Balaban J connectivity index is 2.34. The van der Waals surface area contributed by atoms with Gasteiger partial charge in [0.15, 0.2) is 0 Å². The monoisotopic (exact) mass is 328 g/mol. The standard InChI is InChI=1S/C15H21BrO3/c1-9(2)10-7-15(17,8-10)11-5-6-12(18-3)13(16)14(11)19-4/h5-6,9-10,17H,7-8H2,1-4H3. The highest BCUT2D eigenvalue weighted by molar-refractivity contribution is 9.10. The average Bonchev–Trinajstić information content (AvgIpc) is 2.34. The number of halogens is 1. The second-order valence-corrected chi connectivity index (χ2v) is 6.40. The quantitative estimate of drug-likeness (QED) is 0.915. The largest absolute Gasteiger partial charge is 0.495 e. The number of hydrogen-bond acceptors (Lipinski definition) is 3. The van der Waals surface area contributed by atoms with E-state index in [1.807, 2.05) is 12.1 Å². The van der Waals surface area contributed by atoms with Crippen molar-refractivity contribution in [2.45, 2.75) is 32.3 Å². The highest BCUT2D eigenvalue weighted by Gasteiger charge is 2.46. The Morgan fingerprint density at radius 2 is 1.89 bits per heavy atom. The van der Waals surface area contributed by atoms with E-state index in [1.165, 1.54) is 0 Å². The van der Waals surface area contributed by atoms with E-state index in [0.29, 0.717) is 23.3 Å². The van der Waals surface area contributed by atoms with Gasteiger partial charge in [-0.25, -0.2) is 0 Å². The van der Waals surface area contributed by atoms with E-state index in [9.17, 15) is 5.11 Å². The van der Waals surface area contributed by atoms with Gasteiger partial charge >= 0.3 is 0 Å². The van der Waals surface area contributed by atoms with Crippen molar-refractivity contribution in [3.63, 3.8) is 0 Å².